The minimum atomic E-state index is -3.61. The molecule has 0 bridgehead atoms. The number of benzene rings is 1. The van der Waals surface area contributed by atoms with Crippen molar-refractivity contribution in [3.8, 4) is 0 Å². The van der Waals surface area contributed by atoms with Gasteiger partial charge in [-0.3, -0.25) is 9.52 Å². The number of Topliss-reactive ketones (excluding diaryl/α,β-unsaturated/α-hetero) is 1. The molecule has 0 saturated carbocycles. The Morgan fingerprint density at radius 2 is 1.92 bits per heavy atom. The monoisotopic (exact) mass is 373 g/mol. The Morgan fingerprint density at radius 3 is 2.56 bits per heavy atom. The molecule has 3 rings (SSSR count). The summed E-state index contributed by atoms with van der Waals surface area (Å²) >= 11 is 1.14. The second-order valence-electron chi connectivity index (χ2n) is 5.23. The zero-order valence-electron chi connectivity index (χ0n) is 13.3. The summed E-state index contributed by atoms with van der Waals surface area (Å²) in [6.07, 6.45) is 1.52. The molecule has 1 aromatic carbocycles. The zero-order chi connectivity index (χ0) is 17.9. The Morgan fingerprint density at radius 1 is 1.08 bits per heavy atom. The Labute approximate surface area is 149 Å². The van der Waals surface area contributed by atoms with E-state index in [4.69, 9.17) is 0 Å². The standard InChI is InChI=1S/C17H15N3O3S2/c1-12(21)13-4-2-5-14(10-13)19-15-7-8-16(18-11-15)20-25(22,23)17-6-3-9-24-17/h2-11,19H,1H3,(H,18,20). The average Bonchev–Trinajstić information content (AvgIpc) is 3.12. The van der Waals surface area contributed by atoms with E-state index in [9.17, 15) is 13.2 Å². The predicted octanol–water partition coefficient (Wildman–Crippen LogP) is 3.89. The number of nitrogens with zero attached hydrogens (tertiary/aromatic N) is 1. The number of carbonyl (C=O) groups excluding carboxylic acids is 1. The van der Waals surface area contributed by atoms with Crippen molar-refractivity contribution < 1.29 is 13.2 Å². The smallest absolute Gasteiger partial charge is 0.272 e. The molecule has 3 aromatic rings. The van der Waals surface area contributed by atoms with Crippen LogP contribution in [0.15, 0.2) is 64.3 Å². The lowest BCUT2D eigenvalue weighted by Crippen LogP contribution is -2.12. The SMILES string of the molecule is CC(=O)c1cccc(Nc2ccc(NS(=O)(=O)c3cccs3)nc2)c1. The molecule has 2 heterocycles. The van der Waals surface area contributed by atoms with E-state index in [0.29, 0.717) is 11.3 Å². The minimum absolute atomic E-state index is 0.0138. The van der Waals surface area contributed by atoms with Gasteiger partial charge in [0.1, 0.15) is 10.0 Å². The van der Waals surface area contributed by atoms with Crippen LogP contribution in [0.5, 0.6) is 0 Å². The van der Waals surface area contributed by atoms with Crippen molar-refractivity contribution in [3.05, 3.63) is 65.7 Å². The first-order valence-electron chi connectivity index (χ1n) is 7.34. The third kappa shape index (κ3) is 4.23. The highest BCUT2D eigenvalue weighted by atomic mass is 32.2. The second kappa shape index (κ2) is 7.04. The molecule has 6 nitrogen and oxygen atoms in total. The summed E-state index contributed by atoms with van der Waals surface area (Å²) in [5, 5.41) is 4.83. The van der Waals surface area contributed by atoms with E-state index in [-0.39, 0.29) is 15.8 Å². The van der Waals surface area contributed by atoms with Crippen LogP contribution < -0.4 is 10.0 Å². The molecule has 0 aliphatic carbocycles. The van der Waals surface area contributed by atoms with Gasteiger partial charge < -0.3 is 5.32 Å². The van der Waals surface area contributed by atoms with E-state index in [1.807, 2.05) is 6.07 Å². The highest BCUT2D eigenvalue weighted by Crippen LogP contribution is 2.21. The molecule has 0 saturated heterocycles. The Bertz CT molecular complexity index is 982. The number of thiophene rings is 1. The number of pyridine rings is 1. The van der Waals surface area contributed by atoms with Gasteiger partial charge in [-0.15, -0.1) is 11.3 Å². The third-order valence-corrected chi connectivity index (χ3v) is 6.07. The number of sulfonamides is 1. The van der Waals surface area contributed by atoms with Crippen molar-refractivity contribution in [1.29, 1.82) is 0 Å². The van der Waals surface area contributed by atoms with Crippen molar-refractivity contribution in [2.75, 3.05) is 10.0 Å². The maximum atomic E-state index is 12.2. The first kappa shape index (κ1) is 17.1. The number of ketones is 1. The lowest BCUT2D eigenvalue weighted by atomic mass is 10.1. The molecule has 2 N–H and O–H groups in total. The fourth-order valence-corrected chi connectivity index (χ4v) is 4.12. The lowest BCUT2D eigenvalue weighted by Gasteiger charge is -2.09. The van der Waals surface area contributed by atoms with Crippen LogP contribution in [0.1, 0.15) is 17.3 Å². The van der Waals surface area contributed by atoms with Gasteiger partial charge >= 0.3 is 0 Å². The van der Waals surface area contributed by atoms with E-state index in [2.05, 4.69) is 15.0 Å². The van der Waals surface area contributed by atoms with Crippen molar-refractivity contribution in [1.82, 2.24) is 4.98 Å². The van der Waals surface area contributed by atoms with Crippen molar-refractivity contribution in [2.24, 2.45) is 0 Å². The largest absolute Gasteiger partial charge is 0.354 e. The summed E-state index contributed by atoms with van der Waals surface area (Å²) in [6.45, 7) is 1.51. The van der Waals surface area contributed by atoms with Crippen LogP contribution >= 0.6 is 11.3 Å². The Kier molecular flexibility index (Phi) is 4.82. The molecule has 0 aliphatic rings. The van der Waals surface area contributed by atoms with Crippen LogP contribution in [-0.2, 0) is 10.0 Å². The topological polar surface area (TPSA) is 88.2 Å². The van der Waals surface area contributed by atoms with Gasteiger partial charge in [-0.05, 0) is 42.6 Å². The molecule has 0 radical (unpaired) electrons. The van der Waals surface area contributed by atoms with Crippen LogP contribution in [0.4, 0.5) is 17.2 Å². The maximum Gasteiger partial charge on any atom is 0.272 e. The quantitative estimate of drug-likeness (QED) is 0.640. The molecule has 8 heteroatoms. The zero-order valence-corrected chi connectivity index (χ0v) is 14.9. The lowest BCUT2D eigenvalue weighted by molar-refractivity contribution is 0.101. The first-order chi connectivity index (χ1) is 11.9. The summed E-state index contributed by atoms with van der Waals surface area (Å²) < 4.78 is 27.0. The molecular weight excluding hydrogens is 358 g/mol. The fraction of sp³-hybridized carbons (Fsp3) is 0.0588. The first-order valence-corrected chi connectivity index (χ1v) is 9.71. The van der Waals surface area contributed by atoms with Gasteiger partial charge in [0.15, 0.2) is 5.78 Å². The van der Waals surface area contributed by atoms with E-state index in [1.54, 1.807) is 41.8 Å². The molecule has 0 aliphatic heterocycles. The third-order valence-electron chi connectivity index (χ3n) is 3.32. The van der Waals surface area contributed by atoms with Crippen molar-refractivity contribution >= 4 is 44.3 Å². The van der Waals surface area contributed by atoms with Crippen molar-refractivity contribution in [3.63, 3.8) is 0 Å². The highest BCUT2D eigenvalue weighted by molar-refractivity contribution is 7.94. The van der Waals surface area contributed by atoms with Crippen LogP contribution in [0.2, 0.25) is 0 Å². The molecule has 0 atom stereocenters. The van der Waals surface area contributed by atoms with Crippen molar-refractivity contribution in [2.45, 2.75) is 11.1 Å². The van der Waals surface area contributed by atoms with Gasteiger partial charge in [-0.2, -0.15) is 0 Å². The van der Waals surface area contributed by atoms with Gasteiger partial charge in [0.2, 0.25) is 0 Å². The molecule has 128 valence electrons. The van der Waals surface area contributed by atoms with Gasteiger partial charge in [-0.1, -0.05) is 18.2 Å². The summed E-state index contributed by atoms with van der Waals surface area (Å²) in [4.78, 5) is 15.5. The maximum absolute atomic E-state index is 12.2. The number of hydrogen-bond donors (Lipinski definition) is 2. The number of carbonyl (C=O) groups is 1. The summed E-state index contributed by atoms with van der Waals surface area (Å²) in [5.74, 6) is 0.219. The normalized spacial score (nSPS) is 11.1. The number of nitrogens with one attached hydrogen (secondary N) is 2. The predicted molar refractivity (Wildman–Crippen MR) is 99.1 cm³/mol. The summed E-state index contributed by atoms with van der Waals surface area (Å²) in [5.41, 5.74) is 2.04. The summed E-state index contributed by atoms with van der Waals surface area (Å²) in [7, 11) is -3.61. The van der Waals surface area contributed by atoms with E-state index >= 15 is 0 Å². The average molecular weight is 373 g/mol. The molecule has 2 aromatic heterocycles. The fourth-order valence-electron chi connectivity index (χ4n) is 2.12. The molecule has 0 amide bonds. The number of hydrogen-bond acceptors (Lipinski definition) is 6. The Hall–Kier alpha value is -2.71. The minimum Gasteiger partial charge on any atom is -0.354 e. The molecule has 0 unspecified atom stereocenters. The number of rotatable bonds is 6. The van der Waals surface area contributed by atoms with E-state index in [1.165, 1.54) is 19.2 Å². The number of anilines is 3. The second-order valence-corrected chi connectivity index (χ2v) is 8.09. The van der Waals surface area contributed by atoms with E-state index in [0.717, 1.165) is 17.0 Å². The van der Waals surface area contributed by atoms with E-state index < -0.39 is 10.0 Å². The summed E-state index contributed by atoms with van der Waals surface area (Å²) in [6, 6.07) is 13.6. The molecule has 0 spiro atoms. The molecule has 25 heavy (non-hydrogen) atoms. The van der Waals surface area contributed by atoms with Gasteiger partial charge in [0.05, 0.1) is 11.9 Å². The number of aromatic nitrogens is 1. The van der Waals surface area contributed by atoms with Crippen LogP contribution in [0, 0.1) is 0 Å². The van der Waals surface area contributed by atoms with Gasteiger partial charge in [-0.25, -0.2) is 13.4 Å². The molecule has 0 fully saturated rings. The van der Waals surface area contributed by atoms with Crippen LogP contribution in [0.3, 0.4) is 0 Å². The van der Waals surface area contributed by atoms with Crippen LogP contribution in [-0.4, -0.2) is 19.2 Å². The van der Waals surface area contributed by atoms with Gasteiger partial charge in [0, 0.05) is 11.3 Å². The van der Waals surface area contributed by atoms with Gasteiger partial charge in [0.25, 0.3) is 10.0 Å². The highest BCUT2D eigenvalue weighted by Gasteiger charge is 2.15. The molecular formula is C17H15N3O3S2. The Balaban J connectivity index is 1.72. The van der Waals surface area contributed by atoms with Crippen LogP contribution in [0.25, 0.3) is 0 Å².